The van der Waals surface area contributed by atoms with Gasteiger partial charge in [0.1, 0.15) is 5.60 Å². The van der Waals surface area contributed by atoms with Gasteiger partial charge in [-0.1, -0.05) is 18.2 Å². The first-order valence-electron chi connectivity index (χ1n) is 6.59. The lowest BCUT2D eigenvalue weighted by Crippen LogP contribution is -2.33. The molecule has 1 amide bonds. The van der Waals surface area contributed by atoms with Gasteiger partial charge in [-0.05, 0) is 43.9 Å². The number of alkyl carbamates (subject to hydrolysis) is 1. The van der Waals surface area contributed by atoms with Crippen LogP contribution in [0.4, 0.5) is 4.79 Å². The minimum absolute atomic E-state index is 0.364. The van der Waals surface area contributed by atoms with Gasteiger partial charge >= 0.3 is 6.09 Å². The molecule has 1 N–H and O–H groups in total. The highest BCUT2D eigenvalue weighted by molar-refractivity contribution is 5.67. The van der Waals surface area contributed by atoms with Gasteiger partial charge < -0.3 is 14.8 Å². The van der Waals surface area contributed by atoms with Crippen LogP contribution < -0.4 is 5.32 Å². The second kappa shape index (κ2) is 5.61. The summed E-state index contributed by atoms with van der Waals surface area (Å²) in [5.41, 5.74) is 3.29. The first-order valence-corrected chi connectivity index (χ1v) is 6.59. The third-order valence-electron chi connectivity index (χ3n) is 2.87. The summed E-state index contributed by atoms with van der Waals surface area (Å²) < 4.78 is 10.6. The van der Waals surface area contributed by atoms with Crippen molar-refractivity contribution in [2.24, 2.45) is 0 Å². The Morgan fingerprint density at radius 1 is 1.32 bits per heavy atom. The van der Waals surface area contributed by atoms with Crippen molar-refractivity contribution in [3.63, 3.8) is 0 Å². The Bertz CT molecular complexity index is 463. The van der Waals surface area contributed by atoms with Gasteiger partial charge in [-0.15, -0.1) is 0 Å². The van der Waals surface area contributed by atoms with Gasteiger partial charge in [-0.3, -0.25) is 0 Å². The minimum Gasteiger partial charge on any atom is -0.444 e. The zero-order valence-electron chi connectivity index (χ0n) is 11.8. The van der Waals surface area contributed by atoms with Crippen molar-refractivity contribution in [1.29, 1.82) is 0 Å². The van der Waals surface area contributed by atoms with Crippen molar-refractivity contribution in [1.82, 2.24) is 5.32 Å². The number of fused-ring (bicyclic) bond motifs is 1. The van der Waals surface area contributed by atoms with Crippen LogP contribution in [0.25, 0.3) is 0 Å². The molecule has 0 aromatic heterocycles. The van der Waals surface area contributed by atoms with E-state index in [1.165, 1.54) is 16.7 Å². The molecule has 0 bridgehead atoms. The average Bonchev–Trinajstić information content (AvgIpc) is 2.73. The van der Waals surface area contributed by atoms with Gasteiger partial charge in [-0.25, -0.2) is 4.79 Å². The Balaban J connectivity index is 1.78. The lowest BCUT2D eigenvalue weighted by Gasteiger charge is -2.19. The van der Waals surface area contributed by atoms with E-state index < -0.39 is 5.60 Å². The monoisotopic (exact) mass is 263 g/mol. The molecule has 0 saturated heterocycles. The Morgan fingerprint density at radius 3 is 2.79 bits per heavy atom. The first kappa shape index (κ1) is 13.9. The third kappa shape index (κ3) is 4.24. The maximum absolute atomic E-state index is 11.5. The molecule has 1 heterocycles. The van der Waals surface area contributed by atoms with E-state index in [4.69, 9.17) is 9.47 Å². The van der Waals surface area contributed by atoms with E-state index in [9.17, 15) is 4.79 Å². The summed E-state index contributed by atoms with van der Waals surface area (Å²) in [5, 5.41) is 2.76. The number of carbonyl (C=O) groups excluding carboxylic acids is 1. The quantitative estimate of drug-likeness (QED) is 0.912. The third-order valence-corrected chi connectivity index (χ3v) is 2.87. The molecule has 0 atom stereocenters. The lowest BCUT2D eigenvalue weighted by atomic mass is 10.0. The standard InChI is InChI=1S/C15H21NO3/c1-15(2,3)19-14(17)16-7-6-11-4-5-12-9-18-10-13(12)8-11/h4-5,8H,6-7,9-10H2,1-3H3,(H,16,17). The molecular formula is C15H21NO3. The maximum Gasteiger partial charge on any atom is 0.407 e. The van der Waals surface area contributed by atoms with Gasteiger partial charge in [-0.2, -0.15) is 0 Å². The van der Waals surface area contributed by atoms with Crippen molar-refractivity contribution in [2.75, 3.05) is 6.54 Å². The molecule has 1 aromatic rings. The van der Waals surface area contributed by atoms with Crippen LogP contribution in [0.3, 0.4) is 0 Å². The predicted octanol–water partition coefficient (Wildman–Crippen LogP) is 2.78. The molecule has 104 valence electrons. The van der Waals surface area contributed by atoms with Crippen molar-refractivity contribution >= 4 is 6.09 Å². The van der Waals surface area contributed by atoms with E-state index in [0.717, 1.165) is 6.42 Å². The molecule has 0 unspecified atom stereocenters. The number of ether oxygens (including phenoxy) is 2. The SMILES string of the molecule is CC(C)(C)OC(=O)NCCc1ccc2c(c1)COC2. The van der Waals surface area contributed by atoms with E-state index in [0.29, 0.717) is 19.8 Å². The summed E-state index contributed by atoms with van der Waals surface area (Å²) in [6, 6.07) is 6.34. The molecule has 0 saturated carbocycles. The Labute approximate surface area is 114 Å². The summed E-state index contributed by atoms with van der Waals surface area (Å²) >= 11 is 0. The van der Waals surface area contributed by atoms with Gasteiger partial charge in [0, 0.05) is 6.54 Å². The molecule has 1 aliphatic heterocycles. The number of amides is 1. The second-order valence-corrected chi connectivity index (χ2v) is 5.77. The van der Waals surface area contributed by atoms with Crippen LogP contribution in [0.15, 0.2) is 18.2 Å². The fourth-order valence-corrected chi connectivity index (χ4v) is 2.00. The zero-order chi connectivity index (χ0) is 13.9. The van der Waals surface area contributed by atoms with Gasteiger partial charge in [0.25, 0.3) is 0 Å². The molecule has 1 aliphatic rings. The highest BCUT2D eigenvalue weighted by atomic mass is 16.6. The van der Waals surface area contributed by atoms with Crippen LogP contribution in [0.2, 0.25) is 0 Å². The van der Waals surface area contributed by atoms with E-state index in [2.05, 4.69) is 23.5 Å². The highest BCUT2D eigenvalue weighted by Crippen LogP contribution is 2.20. The second-order valence-electron chi connectivity index (χ2n) is 5.77. The Kier molecular flexibility index (Phi) is 4.10. The fourth-order valence-electron chi connectivity index (χ4n) is 2.00. The summed E-state index contributed by atoms with van der Waals surface area (Å²) in [6.45, 7) is 7.55. The van der Waals surface area contributed by atoms with Crippen molar-refractivity contribution in [2.45, 2.75) is 46.0 Å². The van der Waals surface area contributed by atoms with Crippen LogP contribution >= 0.6 is 0 Å². The lowest BCUT2D eigenvalue weighted by molar-refractivity contribution is 0.0528. The molecule has 4 nitrogen and oxygen atoms in total. The van der Waals surface area contributed by atoms with E-state index in [1.54, 1.807) is 0 Å². The van der Waals surface area contributed by atoms with Crippen LogP contribution in [0.5, 0.6) is 0 Å². The number of hydrogen-bond acceptors (Lipinski definition) is 3. The van der Waals surface area contributed by atoms with Crippen molar-refractivity contribution in [3.05, 3.63) is 34.9 Å². The first-order chi connectivity index (χ1) is 8.94. The average molecular weight is 263 g/mol. The molecule has 0 aliphatic carbocycles. The largest absolute Gasteiger partial charge is 0.444 e. The number of benzene rings is 1. The van der Waals surface area contributed by atoms with Crippen LogP contribution in [0, 0.1) is 0 Å². The predicted molar refractivity (Wildman–Crippen MR) is 72.9 cm³/mol. The van der Waals surface area contributed by atoms with E-state index >= 15 is 0 Å². The summed E-state index contributed by atoms with van der Waals surface area (Å²) in [5.74, 6) is 0. The smallest absolute Gasteiger partial charge is 0.407 e. The maximum atomic E-state index is 11.5. The Morgan fingerprint density at radius 2 is 2.05 bits per heavy atom. The van der Waals surface area contributed by atoms with E-state index in [-0.39, 0.29) is 6.09 Å². The van der Waals surface area contributed by atoms with E-state index in [1.807, 2.05) is 20.8 Å². The zero-order valence-corrected chi connectivity index (χ0v) is 11.8. The number of rotatable bonds is 3. The molecule has 19 heavy (non-hydrogen) atoms. The number of nitrogens with one attached hydrogen (secondary N) is 1. The topological polar surface area (TPSA) is 47.6 Å². The van der Waals surface area contributed by atoms with Gasteiger partial charge in [0.15, 0.2) is 0 Å². The fraction of sp³-hybridized carbons (Fsp3) is 0.533. The summed E-state index contributed by atoms with van der Waals surface area (Å²) in [6.07, 6.45) is 0.434. The van der Waals surface area contributed by atoms with Crippen LogP contribution in [0.1, 0.15) is 37.5 Å². The normalized spacial score (nSPS) is 14.1. The van der Waals surface area contributed by atoms with Crippen molar-refractivity contribution in [3.8, 4) is 0 Å². The Hall–Kier alpha value is -1.55. The molecular weight excluding hydrogens is 242 g/mol. The van der Waals surface area contributed by atoms with Crippen LogP contribution in [-0.2, 0) is 29.1 Å². The highest BCUT2D eigenvalue weighted by Gasteiger charge is 2.15. The molecule has 1 aromatic carbocycles. The van der Waals surface area contributed by atoms with Gasteiger partial charge in [0.05, 0.1) is 13.2 Å². The molecule has 0 spiro atoms. The van der Waals surface area contributed by atoms with Crippen molar-refractivity contribution < 1.29 is 14.3 Å². The molecule has 0 radical (unpaired) electrons. The number of hydrogen-bond donors (Lipinski definition) is 1. The molecule has 4 heteroatoms. The summed E-state index contributed by atoms with van der Waals surface area (Å²) in [4.78, 5) is 11.5. The molecule has 2 rings (SSSR count). The number of carbonyl (C=O) groups is 1. The molecule has 0 fully saturated rings. The van der Waals surface area contributed by atoms with Gasteiger partial charge in [0.2, 0.25) is 0 Å². The van der Waals surface area contributed by atoms with Crippen LogP contribution in [-0.4, -0.2) is 18.2 Å². The summed E-state index contributed by atoms with van der Waals surface area (Å²) in [7, 11) is 0. The minimum atomic E-state index is -0.449.